The minimum absolute atomic E-state index is 0.123. The normalized spacial score (nSPS) is 18.0. The Morgan fingerprint density at radius 1 is 0.778 bits per heavy atom. The molecule has 0 amide bonds. The molecule has 0 spiro atoms. The van der Waals surface area contributed by atoms with Crippen LogP contribution in [0.3, 0.4) is 0 Å². The van der Waals surface area contributed by atoms with Gasteiger partial charge in [0.25, 0.3) is 0 Å². The first-order valence-corrected chi connectivity index (χ1v) is 14.0. The molecule has 0 heterocycles. The topological polar surface area (TPSA) is 71.1 Å². The Morgan fingerprint density at radius 3 is 1.69 bits per heavy atom. The summed E-state index contributed by atoms with van der Waals surface area (Å²) < 4.78 is 21.6. The van der Waals surface area contributed by atoms with Crippen LogP contribution >= 0.6 is 8.15 Å². The number of esters is 2. The van der Waals surface area contributed by atoms with E-state index in [1.165, 1.54) is 11.1 Å². The molecule has 6 nitrogen and oxygen atoms in total. The zero-order valence-corrected chi connectivity index (χ0v) is 22.2. The quantitative estimate of drug-likeness (QED) is 0.139. The van der Waals surface area contributed by atoms with E-state index in [0.29, 0.717) is 28.7 Å². The maximum atomic E-state index is 11.5. The maximum absolute atomic E-state index is 11.5. The van der Waals surface area contributed by atoms with Crippen LogP contribution in [-0.4, -0.2) is 31.7 Å². The minimum atomic E-state index is -0.900. The second-order valence-electron chi connectivity index (χ2n) is 9.22. The van der Waals surface area contributed by atoms with Crippen LogP contribution in [0.2, 0.25) is 0 Å². The van der Waals surface area contributed by atoms with Crippen LogP contribution < -0.4 is 9.26 Å². The largest absolute Gasteiger partial charge is 0.471 e. The van der Waals surface area contributed by atoms with Gasteiger partial charge in [0.2, 0.25) is 6.79 Å². The van der Waals surface area contributed by atoms with Gasteiger partial charge in [-0.3, -0.25) is 0 Å². The molecule has 0 saturated heterocycles. The summed E-state index contributed by atoms with van der Waals surface area (Å²) in [6.07, 6.45) is 4.79. The molecule has 0 radical (unpaired) electrons. The summed E-state index contributed by atoms with van der Waals surface area (Å²) in [4.78, 5) is 23.0. The zero-order chi connectivity index (χ0) is 26.1. The molecule has 0 aromatic heterocycles. The summed E-state index contributed by atoms with van der Waals surface area (Å²) in [5, 5.41) is 0. The molecule has 7 heteroatoms. The van der Waals surface area contributed by atoms with Crippen molar-refractivity contribution in [3.05, 3.63) is 84.0 Å². The van der Waals surface area contributed by atoms with Crippen molar-refractivity contribution in [1.29, 1.82) is 0 Å². The van der Waals surface area contributed by atoms with Gasteiger partial charge in [0.15, 0.2) is 0 Å². The Hall–Kier alpha value is -3.11. The van der Waals surface area contributed by atoms with Gasteiger partial charge in [-0.15, -0.1) is 0 Å². The van der Waals surface area contributed by atoms with Gasteiger partial charge in [-0.25, -0.2) is 9.59 Å². The lowest BCUT2D eigenvalue weighted by Crippen LogP contribution is -2.12. The summed E-state index contributed by atoms with van der Waals surface area (Å²) in [5.41, 5.74) is 3.39. The molecule has 1 saturated carbocycles. The first-order valence-electron chi connectivity index (χ1n) is 12.1. The van der Waals surface area contributed by atoms with Gasteiger partial charge in [-0.1, -0.05) is 37.4 Å². The van der Waals surface area contributed by atoms with Crippen LogP contribution in [0.15, 0.2) is 72.8 Å². The van der Waals surface area contributed by atoms with Crippen molar-refractivity contribution in [2.75, 3.05) is 19.8 Å². The SMILES string of the molecule is C=C(C)C(=O)OCOc1ccc(C2CCC(c3ccc(OP(C)COC(=O)C(=C)C)cc3)CC2)cc1. The molecular weight excluding hydrogens is 475 g/mol. The smallest absolute Gasteiger partial charge is 0.335 e. The van der Waals surface area contributed by atoms with Crippen molar-refractivity contribution in [1.82, 2.24) is 0 Å². The molecule has 1 aliphatic carbocycles. The van der Waals surface area contributed by atoms with Crippen molar-refractivity contribution in [3.63, 3.8) is 0 Å². The molecule has 1 atom stereocenters. The van der Waals surface area contributed by atoms with Gasteiger partial charge >= 0.3 is 11.9 Å². The fourth-order valence-electron chi connectivity index (χ4n) is 4.15. The monoisotopic (exact) mass is 510 g/mol. The second-order valence-corrected chi connectivity index (χ2v) is 10.9. The third-order valence-corrected chi connectivity index (χ3v) is 7.20. The Balaban J connectivity index is 1.43. The van der Waals surface area contributed by atoms with Crippen LogP contribution in [0.25, 0.3) is 0 Å². The highest BCUT2D eigenvalue weighted by atomic mass is 31.1. The fourth-order valence-corrected chi connectivity index (χ4v) is 4.98. The van der Waals surface area contributed by atoms with E-state index in [2.05, 4.69) is 37.4 Å². The molecule has 1 fully saturated rings. The van der Waals surface area contributed by atoms with Gasteiger partial charge in [-0.2, -0.15) is 0 Å². The highest BCUT2D eigenvalue weighted by Crippen LogP contribution is 2.41. The highest BCUT2D eigenvalue weighted by molar-refractivity contribution is 7.51. The van der Waals surface area contributed by atoms with Crippen molar-refractivity contribution in [2.45, 2.75) is 51.4 Å². The van der Waals surface area contributed by atoms with Crippen molar-refractivity contribution in [2.24, 2.45) is 0 Å². The molecule has 1 aliphatic rings. The minimum Gasteiger partial charge on any atom is -0.471 e. The van der Waals surface area contributed by atoms with Crippen LogP contribution in [-0.2, 0) is 19.1 Å². The fraction of sp³-hybridized carbons (Fsp3) is 0.379. The van der Waals surface area contributed by atoms with E-state index in [1.54, 1.807) is 13.8 Å². The van der Waals surface area contributed by atoms with E-state index in [1.807, 2.05) is 30.9 Å². The van der Waals surface area contributed by atoms with Gasteiger partial charge in [0.1, 0.15) is 26.0 Å². The van der Waals surface area contributed by atoms with Crippen molar-refractivity contribution in [3.8, 4) is 11.5 Å². The molecule has 1 unspecified atom stereocenters. The number of ether oxygens (including phenoxy) is 3. The van der Waals surface area contributed by atoms with Crippen LogP contribution in [0, 0.1) is 0 Å². The number of carbonyl (C=O) groups is 2. The zero-order valence-electron chi connectivity index (χ0n) is 21.3. The first-order chi connectivity index (χ1) is 17.2. The molecular formula is C29H35O6P. The van der Waals surface area contributed by atoms with Crippen LogP contribution in [0.1, 0.15) is 62.5 Å². The standard InChI is InChI=1S/C29H35O6P/c1-20(2)28(30)33-18-32-26-14-10-24(11-15-26)22-6-8-23(9-7-22)25-12-16-27(17-13-25)35-36(5)19-34-29(31)21(3)4/h10-17,22-23H,1,3,6-9,18-19H2,2,4-5H3. The lowest BCUT2D eigenvalue weighted by Gasteiger charge is -2.29. The van der Waals surface area contributed by atoms with Gasteiger partial charge in [0, 0.05) is 11.1 Å². The Labute approximate surface area is 215 Å². The third-order valence-electron chi connectivity index (χ3n) is 6.18. The Bertz CT molecular complexity index is 1050. The van der Waals surface area contributed by atoms with Crippen molar-refractivity contribution < 1.29 is 28.3 Å². The van der Waals surface area contributed by atoms with E-state index in [0.717, 1.165) is 31.4 Å². The van der Waals surface area contributed by atoms with E-state index in [-0.39, 0.29) is 19.1 Å². The summed E-state index contributed by atoms with van der Waals surface area (Å²) >= 11 is 0. The molecule has 192 valence electrons. The Morgan fingerprint density at radius 2 is 1.22 bits per heavy atom. The summed E-state index contributed by atoms with van der Waals surface area (Å²) in [7, 11) is -0.900. The molecule has 36 heavy (non-hydrogen) atoms. The van der Waals surface area contributed by atoms with Gasteiger partial charge in [-0.05, 0) is 93.4 Å². The average molecular weight is 511 g/mol. The van der Waals surface area contributed by atoms with Crippen LogP contribution in [0.5, 0.6) is 11.5 Å². The summed E-state index contributed by atoms with van der Waals surface area (Å²) in [6.45, 7) is 12.2. The molecule has 2 aromatic rings. The summed E-state index contributed by atoms with van der Waals surface area (Å²) in [5.74, 6) is 1.70. The number of benzene rings is 2. The van der Waals surface area contributed by atoms with Gasteiger partial charge in [0.05, 0.1) is 0 Å². The highest BCUT2D eigenvalue weighted by Gasteiger charge is 2.23. The molecule has 2 aromatic carbocycles. The predicted octanol–water partition coefficient (Wildman–Crippen LogP) is 7.07. The van der Waals surface area contributed by atoms with Crippen LogP contribution in [0.4, 0.5) is 0 Å². The Kier molecular flexibility index (Phi) is 10.1. The molecule has 0 aliphatic heterocycles. The van der Waals surface area contributed by atoms with E-state index >= 15 is 0 Å². The molecule has 0 N–H and O–H groups in total. The number of hydrogen-bond donors (Lipinski definition) is 0. The van der Waals surface area contributed by atoms with E-state index < -0.39 is 14.1 Å². The van der Waals surface area contributed by atoms with Gasteiger partial charge < -0.3 is 18.7 Å². The average Bonchev–Trinajstić information content (AvgIpc) is 2.88. The first kappa shape index (κ1) is 27.5. The number of hydrogen-bond acceptors (Lipinski definition) is 6. The number of rotatable bonds is 11. The molecule has 3 rings (SSSR count). The third kappa shape index (κ3) is 8.23. The number of carbonyl (C=O) groups excluding carboxylic acids is 2. The second kappa shape index (κ2) is 13.3. The molecule has 0 bridgehead atoms. The lowest BCUT2D eigenvalue weighted by molar-refractivity contribution is -0.145. The van der Waals surface area contributed by atoms with Crippen molar-refractivity contribution >= 4 is 20.1 Å². The lowest BCUT2D eigenvalue weighted by atomic mass is 9.76. The van der Waals surface area contributed by atoms with E-state index in [4.69, 9.17) is 18.7 Å². The maximum Gasteiger partial charge on any atom is 0.335 e. The van der Waals surface area contributed by atoms with E-state index in [9.17, 15) is 9.59 Å². The summed E-state index contributed by atoms with van der Waals surface area (Å²) in [6, 6.07) is 16.4. The predicted molar refractivity (Wildman–Crippen MR) is 142 cm³/mol.